The van der Waals surface area contributed by atoms with Crippen molar-refractivity contribution in [3.8, 4) is 0 Å². The van der Waals surface area contributed by atoms with Crippen molar-refractivity contribution in [3.63, 3.8) is 0 Å². The SMILES string of the molecule is COC(=O)C(C)CN(C(=O)c1ccccc1C)C1CCCCC1. The maximum atomic E-state index is 13.1. The van der Waals surface area contributed by atoms with E-state index in [9.17, 15) is 9.59 Å². The summed E-state index contributed by atoms with van der Waals surface area (Å²) in [5.41, 5.74) is 1.71. The molecule has 126 valence electrons. The summed E-state index contributed by atoms with van der Waals surface area (Å²) in [6, 6.07) is 7.88. The van der Waals surface area contributed by atoms with Gasteiger partial charge in [0.05, 0.1) is 13.0 Å². The number of hydrogen-bond acceptors (Lipinski definition) is 3. The van der Waals surface area contributed by atoms with Gasteiger partial charge in [0.15, 0.2) is 0 Å². The molecule has 0 saturated heterocycles. The molecular weight excluding hydrogens is 290 g/mol. The number of benzene rings is 1. The van der Waals surface area contributed by atoms with Crippen molar-refractivity contribution < 1.29 is 14.3 Å². The normalized spacial score (nSPS) is 16.7. The summed E-state index contributed by atoms with van der Waals surface area (Å²) in [5, 5.41) is 0. The van der Waals surface area contributed by atoms with Crippen LogP contribution in [-0.4, -0.2) is 36.5 Å². The third kappa shape index (κ3) is 4.34. The summed E-state index contributed by atoms with van der Waals surface area (Å²) < 4.78 is 4.83. The largest absolute Gasteiger partial charge is 0.469 e. The predicted molar refractivity (Wildman–Crippen MR) is 90.3 cm³/mol. The number of hydrogen-bond donors (Lipinski definition) is 0. The number of aryl methyl sites for hydroxylation is 1. The fourth-order valence-corrected chi connectivity index (χ4v) is 3.33. The molecule has 1 aromatic carbocycles. The van der Waals surface area contributed by atoms with Gasteiger partial charge in [-0.3, -0.25) is 9.59 Å². The van der Waals surface area contributed by atoms with E-state index in [1.165, 1.54) is 13.5 Å². The van der Waals surface area contributed by atoms with Crippen LogP contribution in [-0.2, 0) is 9.53 Å². The quantitative estimate of drug-likeness (QED) is 0.780. The van der Waals surface area contributed by atoms with E-state index in [1.807, 2.05) is 43.0 Å². The molecule has 1 aliphatic rings. The molecule has 1 unspecified atom stereocenters. The Balaban J connectivity index is 2.23. The summed E-state index contributed by atoms with van der Waals surface area (Å²) in [6.07, 6.45) is 5.57. The lowest BCUT2D eigenvalue weighted by Crippen LogP contribution is -2.45. The molecule has 0 spiro atoms. The average molecular weight is 317 g/mol. The molecule has 23 heavy (non-hydrogen) atoms. The molecule has 0 heterocycles. The molecule has 1 atom stereocenters. The molecule has 2 rings (SSSR count). The maximum Gasteiger partial charge on any atom is 0.310 e. The second kappa shape index (κ2) is 8.14. The number of amides is 1. The van der Waals surface area contributed by atoms with Gasteiger partial charge in [-0.2, -0.15) is 0 Å². The summed E-state index contributed by atoms with van der Waals surface area (Å²) in [6.45, 7) is 4.20. The maximum absolute atomic E-state index is 13.1. The number of methoxy groups -OCH3 is 1. The van der Waals surface area contributed by atoms with E-state index in [2.05, 4.69) is 0 Å². The van der Waals surface area contributed by atoms with Gasteiger partial charge < -0.3 is 9.64 Å². The molecule has 4 nitrogen and oxygen atoms in total. The fourth-order valence-electron chi connectivity index (χ4n) is 3.33. The van der Waals surface area contributed by atoms with Gasteiger partial charge in [0.25, 0.3) is 5.91 Å². The highest BCUT2D eigenvalue weighted by Gasteiger charge is 2.30. The van der Waals surface area contributed by atoms with Crippen LogP contribution < -0.4 is 0 Å². The van der Waals surface area contributed by atoms with Crippen LogP contribution in [0.2, 0.25) is 0 Å². The van der Waals surface area contributed by atoms with E-state index >= 15 is 0 Å². The van der Waals surface area contributed by atoms with Crippen LogP contribution in [0.5, 0.6) is 0 Å². The molecule has 1 saturated carbocycles. The Kier molecular flexibility index (Phi) is 6.20. The Hall–Kier alpha value is -1.84. The molecule has 0 N–H and O–H groups in total. The monoisotopic (exact) mass is 317 g/mol. The van der Waals surface area contributed by atoms with Crippen molar-refractivity contribution >= 4 is 11.9 Å². The van der Waals surface area contributed by atoms with Crippen molar-refractivity contribution in [1.82, 2.24) is 4.90 Å². The topological polar surface area (TPSA) is 46.6 Å². The fraction of sp³-hybridized carbons (Fsp3) is 0.579. The molecular formula is C19H27NO3. The van der Waals surface area contributed by atoms with Crippen LogP contribution in [0, 0.1) is 12.8 Å². The zero-order valence-corrected chi connectivity index (χ0v) is 14.4. The van der Waals surface area contributed by atoms with E-state index in [0.717, 1.165) is 36.8 Å². The zero-order chi connectivity index (χ0) is 16.8. The highest BCUT2D eigenvalue weighted by molar-refractivity contribution is 5.96. The first-order chi connectivity index (χ1) is 11.0. The summed E-state index contributed by atoms with van der Waals surface area (Å²) >= 11 is 0. The first kappa shape index (κ1) is 17.5. The summed E-state index contributed by atoms with van der Waals surface area (Å²) in [7, 11) is 1.40. The Morgan fingerprint density at radius 2 is 1.87 bits per heavy atom. The second-order valence-electron chi connectivity index (χ2n) is 6.49. The molecule has 1 aliphatic carbocycles. The summed E-state index contributed by atoms with van der Waals surface area (Å²) in [5.74, 6) is -0.538. The van der Waals surface area contributed by atoms with E-state index in [4.69, 9.17) is 4.74 Å². The van der Waals surface area contributed by atoms with Gasteiger partial charge in [-0.05, 0) is 31.4 Å². The zero-order valence-electron chi connectivity index (χ0n) is 14.4. The van der Waals surface area contributed by atoms with Gasteiger partial charge in [0.1, 0.15) is 0 Å². The van der Waals surface area contributed by atoms with Crippen LogP contribution in [0.15, 0.2) is 24.3 Å². The highest BCUT2D eigenvalue weighted by atomic mass is 16.5. The lowest BCUT2D eigenvalue weighted by Gasteiger charge is -2.36. The molecule has 0 bridgehead atoms. The van der Waals surface area contributed by atoms with Gasteiger partial charge in [-0.25, -0.2) is 0 Å². The van der Waals surface area contributed by atoms with Crippen LogP contribution >= 0.6 is 0 Å². The minimum Gasteiger partial charge on any atom is -0.469 e. The Morgan fingerprint density at radius 3 is 2.48 bits per heavy atom. The minimum atomic E-state index is -0.310. The molecule has 0 aromatic heterocycles. The number of nitrogens with zero attached hydrogens (tertiary/aromatic N) is 1. The van der Waals surface area contributed by atoms with Crippen LogP contribution in [0.4, 0.5) is 0 Å². The Morgan fingerprint density at radius 1 is 1.22 bits per heavy atom. The lowest BCUT2D eigenvalue weighted by molar-refractivity contribution is -0.145. The van der Waals surface area contributed by atoms with E-state index < -0.39 is 0 Å². The van der Waals surface area contributed by atoms with E-state index in [1.54, 1.807) is 0 Å². The molecule has 0 aliphatic heterocycles. The third-order valence-electron chi connectivity index (χ3n) is 4.73. The second-order valence-corrected chi connectivity index (χ2v) is 6.49. The average Bonchev–Trinajstić information content (AvgIpc) is 2.59. The molecule has 4 heteroatoms. The van der Waals surface area contributed by atoms with Crippen molar-refractivity contribution in [2.75, 3.05) is 13.7 Å². The van der Waals surface area contributed by atoms with Crippen molar-refractivity contribution in [2.24, 2.45) is 5.92 Å². The smallest absolute Gasteiger partial charge is 0.310 e. The first-order valence-corrected chi connectivity index (χ1v) is 8.49. The van der Waals surface area contributed by atoms with Gasteiger partial charge in [-0.1, -0.05) is 44.4 Å². The van der Waals surface area contributed by atoms with Gasteiger partial charge >= 0.3 is 5.97 Å². The van der Waals surface area contributed by atoms with Crippen molar-refractivity contribution in [2.45, 2.75) is 52.0 Å². The number of carbonyl (C=O) groups is 2. The van der Waals surface area contributed by atoms with Gasteiger partial charge in [-0.15, -0.1) is 0 Å². The lowest BCUT2D eigenvalue weighted by atomic mass is 9.92. The number of esters is 1. The first-order valence-electron chi connectivity index (χ1n) is 8.49. The van der Waals surface area contributed by atoms with E-state index in [0.29, 0.717) is 6.54 Å². The molecule has 1 amide bonds. The van der Waals surface area contributed by atoms with Gasteiger partial charge in [0.2, 0.25) is 0 Å². The molecule has 1 aromatic rings. The minimum absolute atomic E-state index is 0.0331. The number of carbonyl (C=O) groups excluding carboxylic acids is 2. The van der Waals surface area contributed by atoms with Crippen LogP contribution in [0.25, 0.3) is 0 Å². The van der Waals surface area contributed by atoms with E-state index in [-0.39, 0.29) is 23.8 Å². The standard InChI is InChI=1S/C19H27NO3/c1-14-9-7-8-12-17(14)18(21)20(13-15(2)19(22)23-3)16-10-5-4-6-11-16/h7-9,12,15-16H,4-6,10-11,13H2,1-3H3. The molecule has 0 radical (unpaired) electrons. The number of ether oxygens (including phenoxy) is 1. The Bertz CT molecular complexity index is 549. The highest BCUT2D eigenvalue weighted by Crippen LogP contribution is 2.25. The molecule has 1 fully saturated rings. The number of rotatable bonds is 5. The Labute approximate surface area is 138 Å². The summed E-state index contributed by atoms with van der Waals surface area (Å²) in [4.78, 5) is 26.8. The van der Waals surface area contributed by atoms with Crippen molar-refractivity contribution in [3.05, 3.63) is 35.4 Å². The van der Waals surface area contributed by atoms with Crippen LogP contribution in [0.1, 0.15) is 54.9 Å². The van der Waals surface area contributed by atoms with Crippen molar-refractivity contribution in [1.29, 1.82) is 0 Å². The van der Waals surface area contributed by atoms with Gasteiger partial charge in [0, 0.05) is 18.2 Å². The van der Waals surface area contributed by atoms with Crippen LogP contribution in [0.3, 0.4) is 0 Å². The predicted octanol–water partition coefficient (Wildman–Crippen LogP) is 3.58. The third-order valence-corrected chi connectivity index (χ3v) is 4.73.